The van der Waals surface area contributed by atoms with Crippen LogP contribution in [0.5, 0.6) is 0 Å². The summed E-state index contributed by atoms with van der Waals surface area (Å²) >= 11 is 0. The molecule has 2 rings (SSSR count). The summed E-state index contributed by atoms with van der Waals surface area (Å²) in [7, 11) is 0. The highest BCUT2D eigenvalue weighted by molar-refractivity contribution is 5.73. The molecule has 0 saturated carbocycles. The molecule has 0 aromatic heterocycles. The maximum absolute atomic E-state index is 11.2. The van der Waals surface area contributed by atoms with Gasteiger partial charge in [0.15, 0.2) is 0 Å². The fourth-order valence-electron chi connectivity index (χ4n) is 3.04. The number of carbonyl (C=O) groups is 1. The second kappa shape index (κ2) is 5.30. The van der Waals surface area contributed by atoms with Gasteiger partial charge >= 0.3 is 0 Å². The quantitative estimate of drug-likeness (QED) is 0.507. The van der Waals surface area contributed by atoms with Crippen LogP contribution < -0.4 is 10.6 Å². The van der Waals surface area contributed by atoms with Gasteiger partial charge in [-0.15, -0.1) is 0 Å². The number of hydroxylamine groups is 2. The van der Waals surface area contributed by atoms with Crippen molar-refractivity contribution in [3.63, 3.8) is 0 Å². The number of amides is 1. The van der Waals surface area contributed by atoms with Crippen molar-refractivity contribution in [2.75, 3.05) is 19.7 Å². The molecular formula is C11H21N3O3. The van der Waals surface area contributed by atoms with Crippen molar-refractivity contribution in [1.29, 1.82) is 0 Å². The molecule has 98 valence electrons. The van der Waals surface area contributed by atoms with Gasteiger partial charge in [0.1, 0.15) is 0 Å². The van der Waals surface area contributed by atoms with Gasteiger partial charge in [0.25, 0.3) is 0 Å². The van der Waals surface area contributed by atoms with Gasteiger partial charge in [-0.3, -0.25) is 4.79 Å². The monoisotopic (exact) mass is 243 g/mol. The zero-order valence-electron chi connectivity index (χ0n) is 10.1. The topological polar surface area (TPSA) is 84.8 Å². The molecule has 0 aliphatic carbocycles. The van der Waals surface area contributed by atoms with Crippen LogP contribution in [0.3, 0.4) is 0 Å². The Balaban J connectivity index is 2.08. The van der Waals surface area contributed by atoms with Crippen LogP contribution in [0.2, 0.25) is 0 Å². The highest BCUT2D eigenvalue weighted by Gasteiger charge is 2.45. The summed E-state index contributed by atoms with van der Waals surface area (Å²) in [4.78, 5) is 11.2. The fraction of sp³-hybridized carbons (Fsp3) is 0.909. The lowest BCUT2D eigenvalue weighted by Crippen LogP contribution is -2.48. The predicted molar refractivity (Wildman–Crippen MR) is 61.5 cm³/mol. The molecule has 4 atom stereocenters. The molecule has 0 spiro atoms. The first-order valence-corrected chi connectivity index (χ1v) is 6.19. The summed E-state index contributed by atoms with van der Waals surface area (Å²) in [5.74, 6) is 0.242. The van der Waals surface area contributed by atoms with E-state index in [9.17, 15) is 15.1 Å². The average molecular weight is 243 g/mol. The molecule has 2 heterocycles. The standard InChI is InChI=1S/C11H21N3O3/c1-7(16)13-10-4-9(6-15)14(17)11(10)8-2-3-12-5-8/h8-12,15,17H,2-6H2,1H3,(H,13,16)/t8-,9+,10-,11?/m1/s1. The predicted octanol–water partition coefficient (Wildman–Crippen LogP) is -1.07. The van der Waals surface area contributed by atoms with Crippen molar-refractivity contribution in [3.05, 3.63) is 0 Å². The Morgan fingerprint density at radius 3 is 2.88 bits per heavy atom. The van der Waals surface area contributed by atoms with E-state index in [1.807, 2.05) is 0 Å². The van der Waals surface area contributed by atoms with Crippen molar-refractivity contribution in [3.8, 4) is 0 Å². The Morgan fingerprint density at radius 1 is 1.59 bits per heavy atom. The SMILES string of the molecule is CC(=O)N[C@@H]1C[C@@H](CO)N(O)C1[C@@H]1CCNC1. The van der Waals surface area contributed by atoms with E-state index in [4.69, 9.17) is 0 Å². The summed E-state index contributed by atoms with van der Waals surface area (Å²) in [6.07, 6.45) is 1.60. The molecule has 2 aliphatic heterocycles. The van der Waals surface area contributed by atoms with Gasteiger partial charge in [0.05, 0.1) is 18.7 Å². The number of nitrogens with zero attached hydrogens (tertiary/aromatic N) is 1. The molecule has 2 saturated heterocycles. The van der Waals surface area contributed by atoms with Crippen molar-refractivity contribution < 1.29 is 15.1 Å². The number of nitrogens with one attached hydrogen (secondary N) is 2. The van der Waals surface area contributed by atoms with Crippen LogP contribution >= 0.6 is 0 Å². The number of aliphatic hydroxyl groups excluding tert-OH is 1. The molecular weight excluding hydrogens is 222 g/mol. The lowest BCUT2D eigenvalue weighted by molar-refractivity contribution is -0.155. The third-order valence-electron chi connectivity index (χ3n) is 3.80. The maximum atomic E-state index is 11.2. The van der Waals surface area contributed by atoms with Gasteiger partial charge in [-0.1, -0.05) is 0 Å². The van der Waals surface area contributed by atoms with Crippen LogP contribution in [0.1, 0.15) is 19.8 Å². The molecule has 17 heavy (non-hydrogen) atoms. The highest BCUT2D eigenvalue weighted by Crippen LogP contribution is 2.30. The third-order valence-corrected chi connectivity index (χ3v) is 3.80. The van der Waals surface area contributed by atoms with E-state index in [-0.39, 0.29) is 30.6 Å². The van der Waals surface area contributed by atoms with Crippen molar-refractivity contribution in [1.82, 2.24) is 15.7 Å². The Labute approximate surface area is 101 Å². The van der Waals surface area contributed by atoms with E-state index in [0.29, 0.717) is 12.3 Å². The molecule has 1 amide bonds. The van der Waals surface area contributed by atoms with E-state index < -0.39 is 0 Å². The molecule has 6 heteroatoms. The lowest BCUT2D eigenvalue weighted by Gasteiger charge is -2.30. The number of aliphatic hydroxyl groups is 1. The first kappa shape index (κ1) is 12.8. The second-order valence-corrected chi connectivity index (χ2v) is 5.00. The molecule has 0 radical (unpaired) electrons. The van der Waals surface area contributed by atoms with Gasteiger partial charge in [-0.05, 0) is 31.8 Å². The lowest BCUT2D eigenvalue weighted by atomic mass is 9.93. The van der Waals surface area contributed by atoms with Crippen LogP contribution in [0.25, 0.3) is 0 Å². The number of carbonyl (C=O) groups excluding carboxylic acids is 1. The maximum Gasteiger partial charge on any atom is 0.217 e. The third kappa shape index (κ3) is 2.60. The smallest absolute Gasteiger partial charge is 0.217 e. The minimum absolute atomic E-state index is 0.0699. The first-order chi connectivity index (χ1) is 8.13. The van der Waals surface area contributed by atoms with Gasteiger partial charge < -0.3 is 20.9 Å². The van der Waals surface area contributed by atoms with Crippen LogP contribution in [-0.2, 0) is 4.79 Å². The van der Waals surface area contributed by atoms with Crippen molar-refractivity contribution in [2.24, 2.45) is 5.92 Å². The van der Waals surface area contributed by atoms with Crippen LogP contribution in [0, 0.1) is 5.92 Å². The molecule has 4 N–H and O–H groups in total. The Morgan fingerprint density at radius 2 is 2.35 bits per heavy atom. The van der Waals surface area contributed by atoms with Crippen LogP contribution in [-0.4, -0.2) is 59.1 Å². The van der Waals surface area contributed by atoms with Crippen molar-refractivity contribution in [2.45, 2.75) is 37.9 Å². The first-order valence-electron chi connectivity index (χ1n) is 6.19. The van der Waals surface area contributed by atoms with Gasteiger partial charge in [0.2, 0.25) is 5.91 Å². The summed E-state index contributed by atoms with van der Waals surface area (Å²) in [5, 5.41) is 26.7. The van der Waals surface area contributed by atoms with E-state index >= 15 is 0 Å². The van der Waals surface area contributed by atoms with E-state index in [2.05, 4.69) is 10.6 Å². The zero-order chi connectivity index (χ0) is 12.4. The van der Waals surface area contributed by atoms with E-state index in [1.54, 1.807) is 0 Å². The molecule has 0 aromatic carbocycles. The molecule has 2 fully saturated rings. The van der Waals surface area contributed by atoms with Gasteiger partial charge in [-0.2, -0.15) is 5.06 Å². The zero-order valence-corrected chi connectivity index (χ0v) is 10.1. The minimum atomic E-state index is -0.266. The number of hydrogen-bond donors (Lipinski definition) is 4. The highest BCUT2D eigenvalue weighted by atomic mass is 16.5. The minimum Gasteiger partial charge on any atom is -0.395 e. The van der Waals surface area contributed by atoms with Gasteiger partial charge in [0, 0.05) is 13.0 Å². The summed E-state index contributed by atoms with van der Waals surface area (Å²) < 4.78 is 0. The van der Waals surface area contributed by atoms with E-state index in [0.717, 1.165) is 19.5 Å². The summed E-state index contributed by atoms with van der Waals surface area (Å²) in [6, 6.07) is -0.428. The van der Waals surface area contributed by atoms with Crippen LogP contribution in [0.4, 0.5) is 0 Å². The van der Waals surface area contributed by atoms with Gasteiger partial charge in [-0.25, -0.2) is 0 Å². The molecule has 0 bridgehead atoms. The molecule has 1 unspecified atom stereocenters. The Bertz CT molecular complexity index is 281. The molecule has 0 aromatic rings. The Hall–Kier alpha value is -0.690. The molecule has 2 aliphatic rings. The number of rotatable bonds is 3. The van der Waals surface area contributed by atoms with E-state index in [1.165, 1.54) is 12.0 Å². The Kier molecular flexibility index (Phi) is 3.98. The summed E-state index contributed by atoms with van der Waals surface area (Å²) in [5.41, 5.74) is 0. The average Bonchev–Trinajstić information content (AvgIpc) is 2.85. The second-order valence-electron chi connectivity index (χ2n) is 5.00. The molecule has 6 nitrogen and oxygen atoms in total. The largest absolute Gasteiger partial charge is 0.395 e. The number of hydrogen-bond acceptors (Lipinski definition) is 5. The normalized spacial score (nSPS) is 38.5. The summed E-state index contributed by atoms with van der Waals surface area (Å²) in [6.45, 7) is 3.21. The van der Waals surface area contributed by atoms with Crippen LogP contribution in [0.15, 0.2) is 0 Å². The van der Waals surface area contributed by atoms with Crippen molar-refractivity contribution >= 4 is 5.91 Å². The fourth-order valence-corrected chi connectivity index (χ4v) is 3.04.